The van der Waals surface area contributed by atoms with E-state index in [0.29, 0.717) is 17.2 Å². The molecule has 0 radical (unpaired) electrons. The Bertz CT molecular complexity index is 1120. The second kappa shape index (κ2) is 7.69. The molecule has 0 unspecified atom stereocenters. The van der Waals surface area contributed by atoms with Crippen molar-refractivity contribution in [3.05, 3.63) is 70.2 Å². The molecule has 0 atom stereocenters. The summed E-state index contributed by atoms with van der Waals surface area (Å²) in [6.45, 7) is 4.14. The summed E-state index contributed by atoms with van der Waals surface area (Å²) >= 11 is 1.34. The van der Waals surface area contributed by atoms with Crippen LogP contribution in [0.5, 0.6) is 0 Å². The van der Waals surface area contributed by atoms with Gasteiger partial charge in [-0.25, -0.2) is 15.0 Å². The van der Waals surface area contributed by atoms with Crippen LogP contribution < -0.4 is 5.32 Å². The van der Waals surface area contributed by atoms with Gasteiger partial charge in [-0.2, -0.15) is 0 Å². The van der Waals surface area contributed by atoms with Gasteiger partial charge in [-0.1, -0.05) is 29.4 Å². The topological polar surface area (TPSA) is 93.8 Å². The van der Waals surface area contributed by atoms with E-state index in [1.165, 1.54) is 17.7 Å². The van der Waals surface area contributed by atoms with Crippen LogP contribution in [-0.4, -0.2) is 26.0 Å². The van der Waals surface area contributed by atoms with Crippen LogP contribution in [0.2, 0.25) is 0 Å². The number of thiazole rings is 1. The zero-order chi connectivity index (χ0) is 19.5. The molecule has 0 aliphatic rings. The standard InChI is InChI=1S/C20H17N5O2S/c1-12-7-17(27-25-12)16-9-21-10-23-18(16)15-5-3-14(4-6-15)8-22-20(26)19-13(2)24-11-28-19/h3-7,9-11H,8H2,1-2H3,(H,22,26). The highest BCUT2D eigenvalue weighted by atomic mass is 32.1. The van der Waals surface area contributed by atoms with Gasteiger partial charge in [-0.3, -0.25) is 4.79 Å². The largest absolute Gasteiger partial charge is 0.356 e. The van der Waals surface area contributed by atoms with E-state index in [4.69, 9.17) is 4.52 Å². The predicted octanol–water partition coefficient (Wildman–Crippen LogP) is 3.80. The Kier molecular flexibility index (Phi) is 4.94. The van der Waals surface area contributed by atoms with E-state index in [-0.39, 0.29) is 5.91 Å². The van der Waals surface area contributed by atoms with Crippen LogP contribution in [0.4, 0.5) is 0 Å². The highest BCUT2D eigenvalue weighted by Crippen LogP contribution is 2.30. The maximum atomic E-state index is 12.2. The Morgan fingerprint density at radius 3 is 2.68 bits per heavy atom. The maximum Gasteiger partial charge on any atom is 0.263 e. The molecule has 140 valence electrons. The van der Waals surface area contributed by atoms with E-state index in [2.05, 4.69) is 25.4 Å². The number of aryl methyl sites for hydroxylation is 2. The molecule has 3 heterocycles. The Morgan fingerprint density at radius 1 is 1.18 bits per heavy atom. The summed E-state index contributed by atoms with van der Waals surface area (Å²) in [4.78, 5) is 25.5. The number of amides is 1. The van der Waals surface area contributed by atoms with Crippen LogP contribution in [0, 0.1) is 13.8 Å². The third kappa shape index (κ3) is 3.67. The number of benzene rings is 1. The number of carbonyl (C=O) groups excluding carboxylic acids is 1. The van der Waals surface area contributed by atoms with Gasteiger partial charge in [0.05, 0.1) is 28.2 Å². The maximum absolute atomic E-state index is 12.2. The normalized spacial score (nSPS) is 10.8. The van der Waals surface area contributed by atoms with Gasteiger partial charge in [-0.15, -0.1) is 11.3 Å². The van der Waals surface area contributed by atoms with Crippen LogP contribution in [0.1, 0.15) is 26.6 Å². The SMILES string of the molecule is Cc1cc(-c2cncnc2-c2ccc(CNC(=O)c3scnc3C)cc2)on1. The van der Waals surface area contributed by atoms with Gasteiger partial charge in [0, 0.05) is 24.4 Å². The molecule has 4 aromatic rings. The van der Waals surface area contributed by atoms with Crippen molar-refractivity contribution in [1.29, 1.82) is 0 Å². The van der Waals surface area contributed by atoms with Crippen LogP contribution in [0.3, 0.4) is 0 Å². The first-order valence-electron chi connectivity index (χ1n) is 8.63. The summed E-state index contributed by atoms with van der Waals surface area (Å²) in [6.07, 6.45) is 3.22. The van der Waals surface area contributed by atoms with Gasteiger partial charge in [0.2, 0.25) is 0 Å². The van der Waals surface area contributed by atoms with E-state index in [9.17, 15) is 4.79 Å². The van der Waals surface area contributed by atoms with E-state index in [0.717, 1.165) is 33.8 Å². The fourth-order valence-electron chi connectivity index (χ4n) is 2.79. The second-order valence-electron chi connectivity index (χ2n) is 6.26. The molecular formula is C20H17N5O2S. The number of rotatable bonds is 5. The molecule has 0 aliphatic carbocycles. The van der Waals surface area contributed by atoms with Crippen molar-refractivity contribution >= 4 is 17.2 Å². The average molecular weight is 391 g/mol. The molecule has 0 saturated carbocycles. The monoisotopic (exact) mass is 391 g/mol. The molecule has 0 bridgehead atoms. The van der Waals surface area contributed by atoms with E-state index in [1.54, 1.807) is 11.7 Å². The molecule has 28 heavy (non-hydrogen) atoms. The molecule has 1 aromatic carbocycles. The molecular weight excluding hydrogens is 374 g/mol. The lowest BCUT2D eigenvalue weighted by atomic mass is 10.0. The molecule has 0 saturated heterocycles. The number of hydrogen-bond acceptors (Lipinski definition) is 7. The van der Waals surface area contributed by atoms with E-state index in [1.807, 2.05) is 44.2 Å². The third-order valence-corrected chi connectivity index (χ3v) is 5.17. The lowest BCUT2D eigenvalue weighted by Crippen LogP contribution is -2.22. The lowest BCUT2D eigenvalue weighted by Gasteiger charge is -2.08. The molecule has 8 heteroatoms. The van der Waals surface area contributed by atoms with Gasteiger partial charge in [-0.05, 0) is 19.4 Å². The highest BCUT2D eigenvalue weighted by Gasteiger charge is 2.14. The van der Waals surface area contributed by atoms with Crippen molar-refractivity contribution in [1.82, 2.24) is 25.4 Å². The summed E-state index contributed by atoms with van der Waals surface area (Å²) in [7, 11) is 0. The number of carbonyl (C=O) groups is 1. The minimum Gasteiger partial charge on any atom is -0.356 e. The summed E-state index contributed by atoms with van der Waals surface area (Å²) < 4.78 is 5.36. The Hall–Kier alpha value is -3.39. The van der Waals surface area contributed by atoms with Crippen molar-refractivity contribution < 1.29 is 9.32 Å². The molecule has 4 rings (SSSR count). The zero-order valence-corrected chi connectivity index (χ0v) is 16.2. The van der Waals surface area contributed by atoms with Crippen LogP contribution in [-0.2, 0) is 6.54 Å². The quantitative estimate of drug-likeness (QED) is 0.556. The summed E-state index contributed by atoms with van der Waals surface area (Å²) in [6, 6.07) is 9.72. The smallest absolute Gasteiger partial charge is 0.263 e. The zero-order valence-electron chi connectivity index (χ0n) is 15.3. The van der Waals surface area contributed by atoms with Crippen molar-refractivity contribution in [2.75, 3.05) is 0 Å². The fraction of sp³-hybridized carbons (Fsp3) is 0.150. The molecule has 0 aliphatic heterocycles. The number of nitrogens with one attached hydrogen (secondary N) is 1. The lowest BCUT2D eigenvalue weighted by molar-refractivity contribution is 0.0954. The molecule has 0 spiro atoms. The van der Waals surface area contributed by atoms with E-state index >= 15 is 0 Å². The minimum atomic E-state index is -0.108. The minimum absolute atomic E-state index is 0.108. The third-order valence-electron chi connectivity index (χ3n) is 4.24. The summed E-state index contributed by atoms with van der Waals surface area (Å²) in [5, 5.41) is 6.86. The Labute approximate surface area is 165 Å². The van der Waals surface area contributed by atoms with Gasteiger partial charge in [0.25, 0.3) is 5.91 Å². The van der Waals surface area contributed by atoms with Crippen molar-refractivity contribution in [2.24, 2.45) is 0 Å². The second-order valence-corrected chi connectivity index (χ2v) is 7.12. The van der Waals surface area contributed by atoms with Gasteiger partial charge >= 0.3 is 0 Å². The molecule has 0 fully saturated rings. The van der Waals surface area contributed by atoms with Crippen LogP contribution in [0.25, 0.3) is 22.6 Å². The first-order valence-corrected chi connectivity index (χ1v) is 9.51. The van der Waals surface area contributed by atoms with Crippen molar-refractivity contribution in [3.8, 4) is 22.6 Å². The van der Waals surface area contributed by atoms with Crippen LogP contribution in [0.15, 0.2) is 52.9 Å². The number of hydrogen-bond donors (Lipinski definition) is 1. The number of aromatic nitrogens is 4. The van der Waals surface area contributed by atoms with Gasteiger partial charge in [0.1, 0.15) is 11.2 Å². The molecule has 1 N–H and O–H groups in total. The van der Waals surface area contributed by atoms with Crippen molar-refractivity contribution in [2.45, 2.75) is 20.4 Å². The van der Waals surface area contributed by atoms with Crippen molar-refractivity contribution in [3.63, 3.8) is 0 Å². The Morgan fingerprint density at radius 2 is 2.00 bits per heavy atom. The van der Waals surface area contributed by atoms with E-state index < -0.39 is 0 Å². The number of nitrogens with zero attached hydrogens (tertiary/aromatic N) is 4. The first kappa shape index (κ1) is 18.0. The molecule has 7 nitrogen and oxygen atoms in total. The molecule has 1 amide bonds. The highest BCUT2D eigenvalue weighted by molar-refractivity contribution is 7.11. The van der Waals surface area contributed by atoms with Gasteiger partial charge in [0.15, 0.2) is 5.76 Å². The van der Waals surface area contributed by atoms with Crippen LogP contribution >= 0.6 is 11.3 Å². The van der Waals surface area contributed by atoms with Gasteiger partial charge < -0.3 is 9.84 Å². The summed E-state index contributed by atoms with van der Waals surface area (Å²) in [5.41, 5.74) is 6.69. The first-order chi connectivity index (χ1) is 13.6. The molecule has 3 aromatic heterocycles. The average Bonchev–Trinajstić information content (AvgIpc) is 3.35. The summed E-state index contributed by atoms with van der Waals surface area (Å²) in [5.74, 6) is 0.521. The predicted molar refractivity (Wildman–Crippen MR) is 106 cm³/mol. The Balaban J connectivity index is 1.51. The fourth-order valence-corrected chi connectivity index (χ4v) is 3.51.